The van der Waals surface area contributed by atoms with Crippen LogP contribution in [-0.4, -0.2) is 24.9 Å². The molecule has 0 aromatic heterocycles. The summed E-state index contributed by atoms with van der Waals surface area (Å²) in [6.07, 6.45) is 9.89. The van der Waals surface area contributed by atoms with Gasteiger partial charge in [0.15, 0.2) is 0 Å². The summed E-state index contributed by atoms with van der Waals surface area (Å²) in [7, 11) is 1.65. The van der Waals surface area contributed by atoms with E-state index in [1.165, 1.54) is 25.7 Å². The summed E-state index contributed by atoms with van der Waals surface area (Å²) < 4.78 is 11.0. The van der Waals surface area contributed by atoms with Crippen LogP contribution in [0.15, 0.2) is 49.1 Å². The van der Waals surface area contributed by atoms with Crippen molar-refractivity contribution in [3.8, 4) is 5.75 Å². The quantitative estimate of drug-likeness (QED) is 0.203. The number of hydrogen-bond acceptors (Lipinski definition) is 5. The molecule has 0 fully saturated rings. The molecular weight excluding hydrogens is 418 g/mol. The molecule has 0 spiro atoms. The third kappa shape index (κ3) is 6.54. The lowest BCUT2D eigenvalue weighted by Gasteiger charge is -2.12. The first-order valence-electron chi connectivity index (χ1n) is 11.4. The zero-order chi connectivity index (χ0) is 23.6. The lowest BCUT2D eigenvalue weighted by molar-refractivity contribution is -0.144. The van der Waals surface area contributed by atoms with Crippen LogP contribution in [0.4, 0.5) is 0 Å². The second kappa shape index (κ2) is 12.0. The molecule has 1 N–H and O–H groups in total. The topological polar surface area (TPSA) is 81.7 Å². The molecule has 33 heavy (non-hydrogen) atoms. The number of fused-ring (bicyclic) bond motifs is 1. The first kappa shape index (κ1) is 24.2. The van der Waals surface area contributed by atoms with Crippen molar-refractivity contribution in [2.45, 2.75) is 58.0 Å². The van der Waals surface area contributed by atoms with E-state index in [1.54, 1.807) is 25.3 Å². The van der Waals surface area contributed by atoms with Crippen LogP contribution < -0.4 is 10.1 Å². The number of amides is 2. The number of benzene rings is 2. The molecule has 6 nitrogen and oxygen atoms in total. The summed E-state index contributed by atoms with van der Waals surface area (Å²) in [6.45, 7) is 3.86. The van der Waals surface area contributed by atoms with Crippen molar-refractivity contribution in [1.82, 2.24) is 5.32 Å². The summed E-state index contributed by atoms with van der Waals surface area (Å²) in [4.78, 5) is 36.2. The molecule has 0 saturated carbocycles. The van der Waals surface area contributed by atoms with E-state index in [0.29, 0.717) is 11.1 Å². The zero-order valence-corrected chi connectivity index (χ0v) is 19.2. The molecule has 2 aromatic rings. The van der Waals surface area contributed by atoms with Gasteiger partial charge < -0.3 is 9.47 Å². The number of imide groups is 1. The molecule has 174 valence electrons. The number of ether oxygens (including phenoxy) is 2. The third-order valence-corrected chi connectivity index (χ3v) is 5.79. The maximum Gasteiger partial charge on any atom is 0.310 e. The van der Waals surface area contributed by atoms with E-state index in [1.807, 2.05) is 24.3 Å². The summed E-state index contributed by atoms with van der Waals surface area (Å²) in [5.74, 6) is -0.582. The Balaban J connectivity index is 1.50. The number of carbonyl (C=O) groups excluding carboxylic acids is 3. The van der Waals surface area contributed by atoms with Crippen molar-refractivity contribution in [3.05, 3.63) is 76.9 Å². The van der Waals surface area contributed by atoms with Gasteiger partial charge in [0.1, 0.15) is 12.4 Å². The van der Waals surface area contributed by atoms with Crippen molar-refractivity contribution in [3.63, 3.8) is 0 Å². The van der Waals surface area contributed by atoms with Crippen molar-refractivity contribution < 1.29 is 23.9 Å². The van der Waals surface area contributed by atoms with Crippen LogP contribution in [0, 0.1) is 0 Å². The number of carbonyl (C=O) groups is 3. The monoisotopic (exact) mass is 449 g/mol. The van der Waals surface area contributed by atoms with Gasteiger partial charge in [0.05, 0.1) is 24.7 Å². The highest BCUT2D eigenvalue weighted by atomic mass is 16.5. The summed E-state index contributed by atoms with van der Waals surface area (Å²) in [5.41, 5.74) is 3.01. The van der Waals surface area contributed by atoms with Crippen LogP contribution in [0.2, 0.25) is 0 Å². The number of aryl methyl sites for hydroxylation is 1. The highest BCUT2D eigenvalue weighted by Gasteiger charge is 2.29. The number of methoxy groups -OCH3 is 1. The molecule has 0 bridgehead atoms. The SMILES string of the molecule is C=CCCCCCCCc1ccc(COC(=O)Cc2cccc3c2C(=O)NC3=O)cc1OC. The maximum atomic E-state index is 12.4. The van der Waals surface area contributed by atoms with Gasteiger partial charge in [-0.15, -0.1) is 6.58 Å². The van der Waals surface area contributed by atoms with Crippen molar-refractivity contribution in [2.75, 3.05) is 7.11 Å². The molecule has 0 unspecified atom stereocenters. The lowest BCUT2D eigenvalue weighted by Crippen LogP contribution is -2.20. The van der Waals surface area contributed by atoms with E-state index in [9.17, 15) is 14.4 Å². The van der Waals surface area contributed by atoms with Gasteiger partial charge in [-0.2, -0.15) is 0 Å². The third-order valence-electron chi connectivity index (χ3n) is 5.79. The second-order valence-electron chi connectivity index (χ2n) is 8.20. The van der Waals surface area contributed by atoms with Crippen LogP contribution in [-0.2, 0) is 29.0 Å². The summed E-state index contributed by atoms with van der Waals surface area (Å²) >= 11 is 0. The van der Waals surface area contributed by atoms with Crippen LogP contribution in [0.25, 0.3) is 0 Å². The van der Waals surface area contributed by atoms with E-state index in [-0.39, 0.29) is 18.6 Å². The summed E-state index contributed by atoms with van der Waals surface area (Å²) in [5, 5.41) is 2.25. The Morgan fingerprint density at radius 2 is 1.79 bits per heavy atom. The van der Waals surface area contributed by atoms with Gasteiger partial charge in [0.25, 0.3) is 11.8 Å². The van der Waals surface area contributed by atoms with Crippen LogP contribution >= 0.6 is 0 Å². The lowest BCUT2D eigenvalue weighted by atomic mass is 10.0. The smallest absolute Gasteiger partial charge is 0.310 e. The Morgan fingerprint density at radius 3 is 2.58 bits per heavy atom. The predicted molar refractivity (Wildman–Crippen MR) is 126 cm³/mol. The van der Waals surface area contributed by atoms with E-state index in [0.717, 1.165) is 36.1 Å². The second-order valence-corrected chi connectivity index (χ2v) is 8.20. The average Bonchev–Trinajstić information content (AvgIpc) is 3.11. The van der Waals surface area contributed by atoms with E-state index in [4.69, 9.17) is 9.47 Å². The molecule has 1 heterocycles. The number of unbranched alkanes of at least 4 members (excludes halogenated alkanes) is 5. The molecule has 1 aliphatic rings. The molecule has 3 rings (SSSR count). The molecule has 2 amide bonds. The van der Waals surface area contributed by atoms with Gasteiger partial charge in [0.2, 0.25) is 0 Å². The minimum Gasteiger partial charge on any atom is -0.496 e. The number of hydrogen-bond donors (Lipinski definition) is 1. The Bertz CT molecular complexity index is 1030. The first-order valence-corrected chi connectivity index (χ1v) is 11.4. The molecule has 0 atom stereocenters. The number of allylic oxidation sites excluding steroid dienone is 1. The molecule has 6 heteroatoms. The minimum absolute atomic E-state index is 0.0775. The normalized spacial score (nSPS) is 12.3. The number of nitrogens with one attached hydrogen (secondary N) is 1. The van der Waals surface area contributed by atoms with Crippen molar-refractivity contribution >= 4 is 17.8 Å². The molecule has 0 aliphatic carbocycles. The first-order chi connectivity index (χ1) is 16.0. The Kier molecular flexibility index (Phi) is 8.81. The highest BCUT2D eigenvalue weighted by Crippen LogP contribution is 2.24. The highest BCUT2D eigenvalue weighted by molar-refractivity contribution is 6.22. The predicted octanol–water partition coefficient (Wildman–Crippen LogP) is 4.93. The van der Waals surface area contributed by atoms with Crippen molar-refractivity contribution in [1.29, 1.82) is 0 Å². The summed E-state index contributed by atoms with van der Waals surface area (Å²) in [6, 6.07) is 10.8. The minimum atomic E-state index is -0.476. The van der Waals surface area contributed by atoms with Gasteiger partial charge in [0, 0.05) is 0 Å². The van der Waals surface area contributed by atoms with E-state index >= 15 is 0 Å². The van der Waals surface area contributed by atoms with Gasteiger partial charge in [-0.25, -0.2) is 0 Å². The molecule has 0 radical (unpaired) electrons. The van der Waals surface area contributed by atoms with E-state index in [2.05, 4.69) is 11.9 Å². The fraction of sp³-hybridized carbons (Fsp3) is 0.370. The molecule has 1 aliphatic heterocycles. The Morgan fingerprint density at radius 1 is 1.00 bits per heavy atom. The average molecular weight is 450 g/mol. The van der Waals surface area contributed by atoms with Gasteiger partial charge >= 0.3 is 5.97 Å². The molecule has 2 aromatic carbocycles. The number of esters is 1. The fourth-order valence-electron chi connectivity index (χ4n) is 4.03. The van der Waals surface area contributed by atoms with Gasteiger partial charge in [-0.1, -0.05) is 49.6 Å². The fourth-order valence-corrected chi connectivity index (χ4v) is 4.03. The standard InChI is InChI=1S/C27H31NO5/c1-3-4-5-6-7-8-9-11-20-15-14-19(16-23(20)32-2)18-33-24(29)17-21-12-10-13-22-25(21)27(31)28-26(22)30/h3,10,12-16H,1,4-9,11,17-18H2,2H3,(H,28,30,31). The maximum absolute atomic E-state index is 12.4. The van der Waals surface area contributed by atoms with Crippen LogP contribution in [0.1, 0.15) is 75.9 Å². The molecular formula is C27H31NO5. The van der Waals surface area contributed by atoms with Crippen LogP contribution in [0.3, 0.4) is 0 Å². The Labute approximate surface area is 195 Å². The largest absolute Gasteiger partial charge is 0.496 e. The van der Waals surface area contributed by atoms with Crippen LogP contribution in [0.5, 0.6) is 5.75 Å². The van der Waals surface area contributed by atoms with Gasteiger partial charge in [-0.05, 0) is 54.5 Å². The number of rotatable bonds is 13. The van der Waals surface area contributed by atoms with E-state index < -0.39 is 17.8 Å². The zero-order valence-electron chi connectivity index (χ0n) is 19.2. The Hall–Kier alpha value is -3.41. The van der Waals surface area contributed by atoms with Gasteiger partial charge in [-0.3, -0.25) is 19.7 Å². The molecule has 0 saturated heterocycles. The van der Waals surface area contributed by atoms with Crippen molar-refractivity contribution in [2.24, 2.45) is 0 Å².